The molecule has 6 heteroatoms. The summed E-state index contributed by atoms with van der Waals surface area (Å²) in [6, 6.07) is 8.14. The highest BCUT2D eigenvalue weighted by Gasteiger charge is 2.19. The van der Waals surface area contributed by atoms with Gasteiger partial charge in [-0.3, -0.25) is 4.79 Å². The van der Waals surface area contributed by atoms with Crippen molar-refractivity contribution in [2.24, 2.45) is 0 Å². The van der Waals surface area contributed by atoms with Crippen LogP contribution in [0.1, 0.15) is 24.8 Å². The van der Waals surface area contributed by atoms with Crippen molar-refractivity contribution in [1.29, 1.82) is 0 Å². The van der Waals surface area contributed by atoms with Gasteiger partial charge in [0, 0.05) is 50.0 Å². The van der Waals surface area contributed by atoms with E-state index >= 15 is 0 Å². The van der Waals surface area contributed by atoms with E-state index in [9.17, 15) is 4.79 Å². The van der Waals surface area contributed by atoms with Gasteiger partial charge in [-0.05, 0) is 30.5 Å². The Balaban J connectivity index is 1.46. The summed E-state index contributed by atoms with van der Waals surface area (Å²) >= 11 is 0. The number of aromatic nitrogens is 3. The van der Waals surface area contributed by atoms with Gasteiger partial charge in [0.2, 0.25) is 5.91 Å². The molecule has 1 N–H and O–H groups in total. The van der Waals surface area contributed by atoms with E-state index in [-0.39, 0.29) is 5.91 Å². The van der Waals surface area contributed by atoms with Crippen molar-refractivity contribution in [1.82, 2.24) is 14.4 Å². The molecule has 1 aliphatic rings. The quantitative estimate of drug-likeness (QED) is 0.802. The summed E-state index contributed by atoms with van der Waals surface area (Å²) in [4.78, 5) is 22.5. The highest BCUT2D eigenvalue weighted by Crippen LogP contribution is 2.21. The van der Waals surface area contributed by atoms with Crippen molar-refractivity contribution in [3.63, 3.8) is 0 Å². The van der Waals surface area contributed by atoms with Crippen LogP contribution in [0.4, 0.5) is 11.5 Å². The van der Waals surface area contributed by atoms with Crippen molar-refractivity contribution in [2.45, 2.75) is 25.8 Å². The second kappa shape index (κ2) is 6.31. The third-order valence-corrected chi connectivity index (χ3v) is 4.34. The Morgan fingerprint density at radius 3 is 2.62 bits per heavy atom. The summed E-state index contributed by atoms with van der Waals surface area (Å²) in [5.41, 5.74) is 2.93. The van der Waals surface area contributed by atoms with E-state index in [0.717, 1.165) is 42.1 Å². The molecule has 4 rings (SSSR count). The summed E-state index contributed by atoms with van der Waals surface area (Å²) < 4.78 is 1.93. The Bertz CT molecular complexity index is 855. The number of carbonyl (C=O) groups excluding carboxylic acids is 1. The molecular formula is C18H19N5O. The van der Waals surface area contributed by atoms with Crippen LogP contribution in [0.2, 0.25) is 0 Å². The molecule has 122 valence electrons. The van der Waals surface area contributed by atoms with E-state index in [1.54, 1.807) is 12.4 Å². The summed E-state index contributed by atoms with van der Waals surface area (Å²) in [7, 11) is 0. The zero-order valence-corrected chi connectivity index (χ0v) is 13.4. The number of benzene rings is 1. The average Bonchev–Trinajstić information content (AvgIpc) is 3.10. The highest BCUT2D eigenvalue weighted by atomic mass is 16.2. The monoisotopic (exact) mass is 321 g/mol. The third-order valence-electron chi connectivity index (χ3n) is 4.34. The van der Waals surface area contributed by atoms with Crippen LogP contribution >= 0.6 is 0 Å². The molecule has 0 saturated carbocycles. The lowest BCUT2D eigenvalue weighted by molar-refractivity contribution is -0.119. The number of rotatable bonds is 4. The van der Waals surface area contributed by atoms with Crippen LogP contribution in [0.15, 0.2) is 49.1 Å². The van der Waals surface area contributed by atoms with E-state index in [2.05, 4.69) is 27.4 Å². The molecule has 1 aliphatic heterocycles. The van der Waals surface area contributed by atoms with E-state index < -0.39 is 0 Å². The number of hydrogen-bond acceptors (Lipinski definition) is 4. The molecule has 0 unspecified atom stereocenters. The van der Waals surface area contributed by atoms with Gasteiger partial charge in [0.15, 0.2) is 11.5 Å². The summed E-state index contributed by atoms with van der Waals surface area (Å²) in [5.74, 6) is 0.986. The maximum absolute atomic E-state index is 12.0. The number of piperidine rings is 1. The Labute approximate surface area is 140 Å². The first-order chi connectivity index (χ1) is 11.8. The fourth-order valence-electron chi connectivity index (χ4n) is 3.04. The number of amides is 1. The highest BCUT2D eigenvalue weighted by molar-refractivity contribution is 5.93. The molecule has 3 aromatic rings. The molecule has 1 amide bonds. The molecule has 0 radical (unpaired) electrons. The van der Waals surface area contributed by atoms with E-state index in [1.165, 1.54) is 0 Å². The zero-order chi connectivity index (χ0) is 16.4. The van der Waals surface area contributed by atoms with Gasteiger partial charge < -0.3 is 14.6 Å². The van der Waals surface area contributed by atoms with E-state index in [0.29, 0.717) is 13.0 Å². The van der Waals surface area contributed by atoms with Crippen LogP contribution < -0.4 is 10.2 Å². The minimum Gasteiger partial charge on any atom is -0.363 e. The lowest BCUT2D eigenvalue weighted by Gasteiger charge is -2.26. The first kappa shape index (κ1) is 14.7. The Morgan fingerprint density at radius 2 is 1.83 bits per heavy atom. The third kappa shape index (κ3) is 2.82. The number of imidazole rings is 1. The maximum atomic E-state index is 12.0. The minimum atomic E-state index is 0.224. The molecule has 6 nitrogen and oxygen atoms in total. The molecule has 1 aromatic carbocycles. The van der Waals surface area contributed by atoms with Gasteiger partial charge in [-0.2, -0.15) is 0 Å². The molecule has 0 atom stereocenters. The minimum absolute atomic E-state index is 0.224. The normalized spacial score (nSPS) is 15.0. The number of anilines is 2. The predicted molar refractivity (Wildman–Crippen MR) is 93.0 cm³/mol. The molecular weight excluding hydrogens is 302 g/mol. The topological polar surface area (TPSA) is 62.5 Å². The lowest BCUT2D eigenvalue weighted by Crippen LogP contribution is -2.35. The number of nitrogens with zero attached hydrogens (tertiary/aromatic N) is 4. The standard InChI is InChI=1S/C18H19N5O/c24-16-3-1-2-10-23(16)15-6-4-14(5-7-15)13-21-17-18-20-9-12-22(18)11-8-19-17/h4-9,11-12H,1-3,10,13H2,(H,19,21). The zero-order valence-electron chi connectivity index (χ0n) is 13.4. The van der Waals surface area contributed by atoms with Crippen molar-refractivity contribution in [3.8, 4) is 0 Å². The van der Waals surface area contributed by atoms with Crippen molar-refractivity contribution in [2.75, 3.05) is 16.8 Å². The Kier molecular flexibility index (Phi) is 3.86. The van der Waals surface area contributed by atoms with Crippen LogP contribution in [0, 0.1) is 0 Å². The number of fused-ring (bicyclic) bond motifs is 1. The molecule has 1 fully saturated rings. The van der Waals surface area contributed by atoms with Gasteiger partial charge in [0.05, 0.1) is 0 Å². The molecule has 0 bridgehead atoms. The maximum Gasteiger partial charge on any atom is 0.226 e. The molecule has 0 spiro atoms. The van der Waals surface area contributed by atoms with Gasteiger partial charge in [-0.25, -0.2) is 9.97 Å². The smallest absolute Gasteiger partial charge is 0.226 e. The first-order valence-electron chi connectivity index (χ1n) is 8.22. The fourth-order valence-corrected chi connectivity index (χ4v) is 3.04. The van der Waals surface area contributed by atoms with Crippen LogP contribution in [-0.4, -0.2) is 26.8 Å². The fraction of sp³-hybridized carbons (Fsp3) is 0.278. The second-order valence-corrected chi connectivity index (χ2v) is 5.96. The SMILES string of the molecule is O=C1CCCCN1c1ccc(CNc2nccn3ccnc23)cc1. The second-order valence-electron chi connectivity index (χ2n) is 5.96. The number of nitrogens with one attached hydrogen (secondary N) is 1. The molecule has 1 saturated heterocycles. The summed E-state index contributed by atoms with van der Waals surface area (Å²) in [5, 5.41) is 3.32. The molecule has 3 heterocycles. The largest absolute Gasteiger partial charge is 0.363 e. The number of carbonyl (C=O) groups is 1. The predicted octanol–water partition coefficient (Wildman–Crippen LogP) is 2.86. The van der Waals surface area contributed by atoms with Crippen LogP contribution in [-0.2, 0) is 11.3 Å². The molecule has 0 aliphatic carbocycles. The van der Waals surface area contributed by atoms with Crippen LogP contribution in [0.5, 0.6) is 0 Å². The van der Waals surface area contributed by atoms with Crippen molar-refractivity contribution >= 4 is 23.1 Å². The average molecular weight is 321 g/mol. The van der Waals surface area contributed by atoms with Gasteiger partial charge in [0.1, 0.15) is 0 Å². The Morgan fingerprint density at radius 1 is 1.04 bits per heavy atom. The van der Waals surface area contributed by atoms with Crippen LogP contribution in [0.3, 0.4) is 0 Å². The first-order valence-corrected chi connectivity index (χ1v) is 8.22. The van der Waals surface area contributed by atoms with Gasteiger partial charge >= 0.3 is 0 Å². The summed E-state index contributed by atoms with van der Waals surface area (Å²) in [6.45, 7) is 1.48. The van der Waals surface area contributed by atoms with Gasteiger partial charge in [-0.15, -0.1) is 0 Å². The number of hydrogen-bond donors (Lipinski definition) is 1. The summed E-state index contributed by atoms with van der Waals surface area (Å²) in [6.07, 6.45) is 10.0. The lowest BCUT2D eigenvalue weighted by atomic mass is 10.1. The Hall–Kier alpha value is -2.89. The van der Waals surface area contributed by atoms with E-state index in [4.69, 9.17) is 0 Å². The van der Waals surface area contributed by atoms with Gasteiger partial charge in [-0.1, -0.05) is 12.1 Å². The van der Waals surface area contributed by atoms with Crippen molar-refractivity contribution < 1.29 is 4.79 Å². The molecule has 24 heavy (non-hydrogen) atoms. The van der Waals surface area contributed by atoms with Crippen LogP contribution in [0.25, 0.3) is 5.65 Å². The van der Waals surface area contributed by atoms with Gasteiger partial charge in [0.25, 0.3) is 0 Å². The van der Waals surface area contributed by atoms with Crippen molar-refractivity contribution in [3.05, 3.63) is 54.6 Å². The molecule has 2 aromatic heterocycles. The van der Waals surface area contributed by atoms with E-state index in [1.807, 2.05) is 33.8 Å².